The fourth-order valence-electron chi connectivity index (χ4n) is 3.12. The van der Waals surface area contributed by atoms with E-state index in [9.17, 15) is 28.1 Å². The van der Waals surface area contributed by atoms with Crippen LogP contribution >= 0.6 is 0 Å². The SMILES string of the molecule is COc1ccc([N+](=O)[O-])cc1NC(=O)C(C)OC(=O)c1ccc(S(=O)(=O)N2CCOCC2)cc1. The van der Waals surface area contributed by atoms with Crippen LogP contribution < -0.4 is 10.1 Å². The van der Waals surface area contributed by atoms with E-state index in [4.69, 9.17) is 14.2 Å². The van der Waals surface area contributed by atoms with Crippen molar-refractivity contribution in [2.24, 2.45) is 0 Å². The quantitative estimate of drug-likeness (QED) is 0.329. The molecule has 13 heteroatoms. The molecule has 2 aromatic carbocycles. The Morgan fingerprint density at radius 2 is 1.79 bits per heavy atom. The number of morpholine rings is 1. The molecule has 182 valence electrons. The van der Waals surface area contributed by atoms with Crippen LogP contribution in [0.5, 0.6) is 5.75 Å². The zero-order valence-corrected chi connectivity index (χ0v) is 19.2. The van der Waals surface area contributed by atoms with Crippen LogP contribution in [0.1, 0.15) is 17.3 Å². The zero-order chi connectivity index (χ0) is 24.9. The van der Waals surface area contributed by atoms with E-state index in [0.29, 0.717) is 13.2 Å². The topological polar surface area (TPSA) is 154 Å². The third-order valence-corrected chi connectivity index (χ3v) is 6.92. The Bertz CT molecular complexity index is 1180. The normalized spacial score (nSPS) is 15.2. The summed E-state index contributed by atoms with van der Waals surface area (Å²) in [7, 11) is -2.38. The first-order valence-electron chi connectivity index (χ1n) is 10.2. The van der Waals surface area contributed by atoms with Crippen molar-refractivity contribution in [2.75, 3.05) is 38.7 Å². The van der Waals surface area contributed by atoms with Gasteiger partial charge in [0.2, 0.25) is 10.0 Å². The van der Waals surface area contributed by atoms with Crippen molar-refractivity contribution in [2.45, 2.75) is 17.9 Å². The largest absolute Gasteiger partial charge is 0.495 e. The van der Waals surface area contributed by atoms with Gasteiger partial charge in [0.1, 0.15) is 5.75 Å². The lowest BCUT2D eigenvalue weighted by atomic mass is 10.2. The second kappa shape index (κ2) is 10.6. The highest BCUT2D eigenvalue weighted by Gasteiger charge is 2.27. The number of carbonyl (C=O) groups is 2. The third-order valence-electron chi connectivity index (χ3n) is 5.00. The molecule has 1 aliphatic rings. The molecule has 1 N–H and O–H groups in total. The van der Waals surface area contributed by atoms with E-state index in [1.807, 2.05) is 0 Å². The number of amides is 1. The first-order chi connectivity index (χ1) is 16.1. The summed E-state index contributed by atoms with van der Waals surface area (Å²) >= 11 is 0. The Labute approximate surface area is 195 Å². The highest BCUT2D eigenvalue weighted by molar-refractivity contribution is 7.89. The Kier molecular flexibility index (Phi) is 7.81. The summed E-state index contributed by atoms with van der Waals surface area (Å²) in [5.41, 5.74) is -0.163. The van der Waals surface area contributed by atoms with Gasteiger partial charge in [0.05, 0.1) is 41.4 Å². The van der Waals surface area contributed by atoms with E-state index < -0.39 is 32.9 Å². The predicted molar refractivity (Wildman–Crippen MR) is 119 cm³/mol. The first kappa shape index (κ1) is 25.1. The van der Waals surface area contributed by atoms with Crippen LogP contribution in [0.15, 0.2) is 47.4 Å². The smallest absolute Gasteiger partial charge is 0.338 e. The van der Waals surface area contributed by atoms with Gasteiger partial charge in [-0.1, -0.05) is 0 Å². The number of nitrogens with zero attached hydrogens (tertiary/aromatic N) is 2. The number of ether oxygens (including phenoxy) is 3. The lowest BCUT2D eigenvalue weighted by molar-refractivity contribution is -0.384. The van der Waals surface area contributed by atoms with Gasteiger partial charge in [-0.3, -0.25) is 14.9 Å². The Balaban J connectivity index is 1.66. The number of sulfonamides is 1. The van der Waals surface area contributed by atoms with Crippen molar-refractivity contribution in [1.82, 2.24) is 4.31 Å². The monoisotopic (exact) mass is 493 g/mol. The predicted octanol–water partition coefficient (Wildman–Crippen LogP) is 1.81. The zero-order valence-electron chi connectivity index (χ0n) is 18.4. The number of benzene rings is 2. The molecule has 0 radical (unpaired) electrons. The maximum Gasteiger partial charge on any atom is 0.338 e. The van der Waals surface area contributed by atoms with Crippen LogP contribution in [0.3, 0.4) is 0 Å². The molecule has 1 atom stereocenters. The number of hydrogen-bond donors (Lipinski definition) is 1. The Hall–Kier alpha value is -3.55. The Morgan fingerprint density at radius 1 is 1.15 bits per heavy atom. The number of hydrogen-bond acceptors (Lipinski definition) is 9. The van der Waals surface area contributed by atoms with Crippen LogP contribution in [0, 0.1) is 10.1 Å². The maximum absolute atomic E-state index is 12.7. The van der Waals surface area contributed by atoms with Gasteiger partial charge in [0.15, 0.2) is 6.10 Å². The van der Waals surface area contributed by atoms with Crippen molar-refractivity contribution in [3.63, 3.8) is 0 Å². The molecular weight excluding hydrogens is 470 g/mol. The third kappa shape index (κ3) is 5.68. The van der Waals surface area contributed by atoms with Gasteiger partial charge in [-0.05, 0) is 37.3 Å². The van der Waals surface area contributed by atoms with Gasteiger partial charge in [-0.25, -0.2) is 13.2 Å². The summed E-state index contributed by atoms with van der Waals surface area (Å²) < 4.78 is 42.1. The molecule has 1 fully saturated rings. The molecule has 34 heavy (non-hydrogen) atoms. The van der Waals surface area contributed by atoms with Gasteiger partial charge in [-0.15, -0.1) is 0 Å². The molecule has 3 rings (SSSR count). The number of rotatable bonds is 8. The fourth-order valence-corrected chi connectivity index (χ4v) is 4.53. The average molecular weight is 493 g/mol. The number of methoxy groups -OCH3 is 1. The fraction of sp³-hybridized carbons (Fsp3) is 0.333. The van der Waals surface area contributed by atoms with Crippen molar-refractivity contribution in [3.8, 4) is 5.75 Å². The van der Waals surface area contributed by atoms with Crippen LogP contribution in [-0.2, 0) is 24.3 Å². The molecule has 12 nitrogen and oxygen atoms in total. The van der Waals surface area contributed by atoms with Crippen molar-refractivity contribution < 1.29 is 37.1 Å². The minimum atomic E-state index is -3.71. The van der Waals surface area contributed by atoms with Gasteiger partial charge in [0, 0.05) is 25.2 Å². The molecule has 0 aromatic heterocycles. The second-order valence-electron chi connectivity index (χ2n) is 7.22. The average Bonchev–Trinajstić information content (AvgIpc) is 2.84. The van der Waals surface area contributed by atoms with E-state index in [0.717, 1.165) is 6.07 Å². The highest BCUT2D eigenvalue weighted by Crippen LogP contribution is 2.29. The molecule has 0 spiro atoms. The summed E-state index contributed by atoms with van der Waals surface area (Å²) in [4.78, 5) is 35.3. The van der Waals surface area contributed by atoms with E-state index in [-0.39, 0.29) is 40.7 Å². The molecule has 0 aliphatic carbocycles. The number of esters is 1. The van der Waals surface area contributed by atoms with Gasteiger partial charge >= 0.3 is 5.97 Å². The lowest BCUT2D eigenvalue weighted by Gasteiger charge is -2.26. The van der Waals surface area contributed by atoms with Crippen LogP contribution in [0.25, 0.3) is 0 Å². The number of nitrogens with one attached hydrogen (secondary N) is 1. The molecule has 0 saturated carbocycles. The van der Waals surface area contributed by atoms with Crippen LogP contribution in [0.2, 0.25) is 0 Å². The maximum atomic E-state index is 12.7. The van der Waals surface area contributed by atoms with Gasteiger partial charge < -0.3 is 19.5 Å². The van der Waals surface area contributed by atoms with Crippen molar-refractivity contribution >= 4 is 33.3 Å². The molecule has 0 bridgehead atoms. The molecule has 1 amide bonds. The van der Waals surface area contributed by atoms with Gasteiger partial charge in [0.25, 0.3) is 11.6 Å². The minimum absolute atomic E-state index is 0.0227. The number of nitro groups is 1. The van der Waals surface area contributed by atoms with Crippen LogP contribution in [-0.4, -0.2) is 69.0 Å². The van der Waals surface area contributed by atoms with Crippen molar-refractivity contribution in [1.29, 1.82) is 0 Å². The van der Waals surface area contributed by atoms with E-state index in [1.165, 1.54) is 54.7 Å². The summed E-state index contributed by atoms with van der Waals surface area (Å²) in [6, 6.07) is 8.85. The Morgan fingerprint density at radius 3 is 2.38 bits per heavy atom. The van der Waals surface area contributed by atoms with Gasteiger partial charge in [-0.2, -0.15) is 4.31 Å². The lowest BCUT2D eigenvalue weighted by Crippen LogP contribution is -2.40. The molecule has 2 aromatic rings. The molecule has 1 aliphatic heterocycles. The van der Waals surface area contributed by atoms with Crippen LogP contribution in [0.4, 0.5) is 11.4 Å². The first-order valence-corrected chi connectivity index (χ1v) is 11.6. The molecular formula is C21H23N3O9S. The number of non-ortho nitro benzene ring substituents is 1. The standard InChI is InChI=1S/C21H23N3O9S/c1-14(20(25)22-18-13-16(24(27)28)5-8-19(18)31-2)33-21(26)15-3-6-17(7-4-15)34(29,30)23-9-11-32-12-10-23/h3-8,13-14H,9-12H2,1-2H3,(H,22,25). The number of carbonyl (C=O) groups excluding carboxylic acids is 2. The second-order valence-corrected chi connectivity index (χ2v) is 9.16. The van der Waals surface area contributed by atoms with Crippen molar-refractivity contribution in [3.05, 3.63) is 58.1 Å². The summed E-state index contributed by atoms with van der Waals surface area (Å²) in [6.07, 6.45) is -1.26. The minimum Gasteiger partial charge on any atom is -0.495 e. The van der Waals surface area contributed by atoms with E-state index >= 15 is 0 Å². The summed E-state index contributed by atoms with van der Waals surface area (Å²) in [5, 5.41) is 13.4. The number of anilines is 1. The molecule has 1 saturated heterocycles. The molecule has 1 unspecified atom stereocenters. The summed E-state index contributed by atoms with van der Waals surface area (Å²) in [6.45, 7) is 2.44. The number of nitro benzene ring substituents is 1. The summed E-state index contributed by atoms with van der Waals surface area (Å²) in [5.74, 6) is -1.39. The van der Waals surface area contributed by atoms with E-state index in [1.54, 1.807) is 0 Å². The molecule has 1 heterocycles. The highest BCUT2D eigenvalue weighted by atomic mass is 32.2. The van der Waals surface area contributed by atoms with E-state index in [2.05, 4.69) is 5.32 Å².